The molecule has 2 radical (unpaired) electrons. The van der Waals surface area contributed by atoms with Gasteiger partial charge in [0.2, 0.25) is 0 Å². The third kappa shape index (κ3) is 1950. The molecule has 129 valence electrons. The first-order valence-electron chi connectivity index (χ1n) is 2.78. The molecule has 0 aromatic heterocycles. The zero-order valence-corrected chi connectivity index (χ0v) is 17.9. The molecule has 0 amide bonds. The summed E-state index contributed by atoms with van der Waals surface area (Å²) in [5, 5.41) is 14.8. The quantitative estimate of drug-likeness (QED) is 0.241. The summed E-state index contributed by atoms with van der Waals surface area (Å²) in [6.45, 7) is 2.17. The molecule has 19 heavy (non-hydrogen) atoms. The average Bonchev–Trinajstić information content (AvgIpc) is 1.78. The summed E-state index contributed by atoms with van der Waals surface area (Å²) < 4.78 is 31.6. The Bertz CT molecular complexity index is 252. The molecule has 8 nitrogen and oxygen atoms in total. The van der Waals surface area contributed by atoms with E-state index in [1.54, 1.807) is 0 Å². The van der Waals surface area contributed by atoms with Gasteiger partial charge in [-0.2, -0.15) is 8.42 Å². The predicted molar refractivity (Wildman–Crippen MR) is 52.5 cm³/mol. The van der Waals surface area contributed by atoms with Gasteiger partial charge in [-0.15, -0.1) is 0 Å². The summed E-state index contributed by atoms with van der Waals surface area (Å²) in [5.41, 5.74) is 0. The van der Waals surface area contributed by atoms with Crippen LogP contribution in [-0.4, -0.2) is 39.7 Å². The summed E-state index contributed by atoms with van der Waals surface area (Å²) in [7, 11) is 4.67. The summed E-state index contributed by atoms with van der Waals surface area (Å²) in [6, 6.07) is 0. The van der Waals surface area contributed by atoms with Crippen LogP contribution < -0.4 is 0 Å². The van der Waals surface area contributed by atoms with Crippen molar-refractivity contribution in [3.05, 3.63) is 0 Å². The van der Waals surface area contributed by atoms with Gasteiger partial charge < -0.3 is 10.2 Å². The van der Waals surface area contributed by atoms with E-state index in [-0.39, 0.29) is 58.9 Å². The molecule has 0 spiro atoms. The summed E-state index contributed by atoms with van der Waals surface area (Å²) >= 11 is 0.757. The molecule has 0 saturated carbocycles. The molecular weight excluding hydrogens is 579 g/mol. The average molecular weight is 589 g/mol. The number of carbonyl (C=O) groups is 2. The molecule has 0 aromatic rings. The van der Waals surface area contributed by atoms with Gasteiger partial charge in [0.25, 0.3) is 11.9 Å². The molecule has 0 atom stereocenters. The predicted octanol–water partition coefficient (Wildman–Crippen LogP) is 0.898. The van der Waals surface area contributed by atoms with Gasteiger partial charge in [0.1, 0.15) is 0 Å². The number of aliphatic carboxylic acids is 2. The Morgan fingerprint density at radius 2 is 1.00 bits per heavy atom. The largest absolute Gasteiger partial charge is 0 e. The van der Waals surface area contributed by atoms with E-state index >= 15 is 0 Å². The summed E-state index contributed by atoms with van der Waals surface area (Å²) in [5.74, 6) is -1.67. The minimum Gasteiger partial charge on any atom is 0 e. The van der Waals surface area contributed by atoms with Gasteiger partial charge >= 0.3 is 43.7 Å². The number of carboxylic acids is 2. The van der Waals surface area contributed by atoms with Crippen molar-refractivity contribution in [2.24, 2.45) is 0 Å². The van der Waals surface area contributed by atoms with E-state index in [1.165, 1.54) is 0 Å². The van der Waals surface area contributed by atoms with E-state index in [1.807, 2.05) is 0 Å². The molecule has 15 heteroatoms. The first-order chi connectivity index (χ1) is 6.88. The Labute approximate surface area is 164 Å². The normalized spacial score (nSPS) is 6.84. The Kier molecular flexibility index (Phi) is 72.0. The van der Waals surface area contributed by atoms with Gasteiger partial charge in [-0.25, -0.2) is 0 Å². The molecule has 0 rings (SSSR count). The molecular formula is C4H10AgCl2Cu2O8SZn. The molecule has 4 N–H and O–H groups in total. The molecule has 0 aromatic carbocycles. The van der Waals surface area contributed by atoms with Crippen molar-refractivity contribution in [3.8, 4) is 0 Å². The van der Waals surface area contributed by atoms with Gasteiger partial charge in [-0.1, -0.05) is 0 Å². The van der Waals surface area contributed by atoms with Crippen molar-refractivity contribution in [1.82, 2.24) is 0 Å². The van der Waals surface area contributed by atoms with E-state index in [0.717, 1.165) is 27.0 Å². The number of rotatable bonds is 0. The van der Waals surface area contributed by atoms with Crippen molar-refractivity contribution in [2.45, 2.75) is 13.8 Å². The van der Waals surface area contributed by atoms with Crippen molar-refractivity contribution in [3.63, 3.8) is 0 Å². The molecule has 0 aliphatic heterocycles. The molecule has 0 saturated heterocycles. The summed E-state index contributed by atoms with van der Waals surface area (Å²) in [4.78, 5) is 18.0. The van der Waals surface area contributed by atoms with Crippen molar-refractivity contribution in [2.75, 3.05) is 0 Å². The zero-order valence-electron chi connectivity index (χ0n) is 9.20. The fourth-order valence-electron chi connectivity index (χ4n) is 0. The van der Waals surface area contributed by atoms with Crippen molar-refractivity contribution in [1.29, 1.82) is 0 Å². The van der Waals surface area contributed by atoms with Crippen molar-refractivity contribution < 1.29 is 109 Å². The smallest absolute Gasteiger partial charge is 0 e. The van der Waals surface area contributed by atoms with Gasteiger partial charge in [0, 0.05) is 72.8 Å². The minimum absolute atomic E-state index is 0. The molecule has 0 aliphatic carbocycles. The van der Waals surface area contributed by atoms with Crippen LogP contribution in [0.5, 0.6) is 0 Å². The van der Waals surface area contributed by atoms with Gasteiger partial charge in [0.05, 0.1) is 0 Å². The Morgan fingerprint density at radius 3 is 1.00 bits per heavy atom. The van der Waals surface area contributed by atoms with Gasteiger partial charge in [-0.05, 0) is 0 Å². The maximum absolute atomic E-state index is 9.00. The molecule has 0 bridgehead atoms. The maximum Gasteiger partial charge on any atom is 0 e. The Morgan fingerprint density at radius 1 is 1.00 bits per heavy atom. The first-order valence-corrected chi connectivity index (χ1v) is 6.77. The van der Waals surface area contributed by atoms with Gasteiger partial charge in [0.15, 0.2) is 0 Å². The topological polar surface area (TPSA) is 149 Å². The fourth-order valence-corrected chi connectivity index (χ4v) is 0. The van der Waals surface area contributed by atoms with Gasteiger partial charge in [-0.3, -0.25) is 18.7 Å². The van der Waals surface area contributed by atoms with Crippen molar-refractivity contribution >= 4 is 42.5 Å². The van der Waals surface area contributed by atoms with E-state index in [0.29, 0.717) is 0 Å². The van der Waals surface area contributed by atoms with Crippen LogP contribution in [0.25, 0.3) is 0 Å². The van der Waals surface area contributed by atoms with Crippen LogP contribution in [-0.2, 0) is 92.0 Å². The molecule has 0 unspecified atom stereocenters. The molecule has 0 fully saturated rings. The van der Waals surface area contributed by atoms with E-state index in [2.05, 4.69) is 20.2 Å². The Hall–Kier alpha value is 1.79. The molecule has 0 aliphatic rings. The Balaban J connectivity index is -0.0000000195. The van der Waals surface area contributed by atoms with Crippen LogP contribution in [0, 0.1) is 0 Å². The van der Waals surface area contributed by atoms with E-state index < -0.39 is 22.3 Å². The maximum atomic E-state index is 9.00. The molecule has 0 heterocycles. The van der Waals surface area contributed by atoms with Crippen LogP contribution in [0.2, 0.25) is 0 Å². The SMILES string of the molecule is CC(=O)O.CC(=O)O.O=S(=O)(O)O.[Ag].[Cl][Cu][Cl].[Cu].[Zn]. The number of hydrogen-bond donors (Lipinski definition) is 4. The van der Waals surface area contributed by atoms with Crippen LogP contribution in [0.15, 0.2) is 0 Å². The second kappa shape index (κ2) is 31.9. The van der Waals surface area contributed by atoms with E-state index in [9.17, 15) is 0 Å². The minimum atomic E-state index is -4.67. The zero-order chi connectivity index (χ0) is 14.4. The summed E-state index contributed by atoms with van der Waals surface area (Å²) in [6.07, 6.45) is 0. The van der Waals surface area contributed by atoms with Crippen LogP contribution in [0.4, 0.5) is 0 Å². The van der Waals surface area contributed by atoms with Crippen LogP contribution in [0.1, 0.15) is 13.8 Å². The number of carboxylic acid groups (broad SMARTS) is 2. The standard InChI is InChI=1S/2C2H4O2.Ag.2ClH.2Cu.H2O4S.Zn/c2*1-2(3)4;;;;;;1-5(2,3)4;/h2*1H3,(H,3,4);;2*1H;;;(H2,1,2,3,4);/q;;;;;;+2;;/p-2. The fraction of sp³-hybridized carbons (Fsp3) is 0.500. The number of hydrogen-bond acceptors (Lipinski definition) is 4. The van der Waals surface area contributed by atoms with Crippen LogP contribution >= 0.6 is 20.2 Å². The first kappa shape index (κ1) is 42.8. The number of halogens is 2. The third-order valence-electron chi connectivity index (χ3n) is 0. The third-order valence-corrected chi connectivity index (χ3v) is 0. The second-order valence-electron chi connectivity index (χ2n) is 1.53. The van der Waals surface area contributed by atoms with E-state index in [4.69, 9.17) is 37.3 Å². The monoisotopic (exact) mass is 585 g/mol. The second-order valence-corrected chi connectivity index (χ2v) is 3.98. The van der Waals surface area contributed by atoms with Crippen LogP contribution in [0.3, 0.4) is 0 Å².